The van der Waals surface area contributed by atoms with Gasteiger partial charge in [0.15, 0.2) is 12.4 Å². The highest BCUT2D eigenvalue weighted by Gasteiger charge is 2.27. The quantitative estimate of drug-likeness (QED) is 0.148. The average molecular weight is 540 g/mol. The minimum absolute atomic E-state index is 0.0247. The smallest absolute Gasteiger partial charge is 0.340 e. The van der Waals surface area contributed by atoms with Crippen LogP contribution in [0.3, 0.4) is 0 Å². The molecule has 4 rings (SSSR count). The number of esters is 1. The molecule has 0 unspecified atom stereocenters. The summed E-state index contributed by atoms with van der Waals surface area (Å²) in [6, 6.07) is 18.8. The fourth-order valence-electron chi connectivity index (χ4n) is 3.56. The zero-order valence-electron chi connectivity index (χ0n) is 19.7. The van der Waals surface area contributed by atoms with Crippen molar-refractivity contribution in [2.75, 3.05) is 24.6 Å². The molecule has 0 fully saturated rings. The van der Waals surface area contributed by atoms with Gasteiger partial charge in [-0.3, -0.25) is 9.10 Å². The first-order valence-corrected chi connectivity index (χ1v) is 12.8. The maximum atomic E-state index is 13.5. The van der Waals surface area contributed by atoms with Crippen molar-refractivity contribution in [1.29, 1.82) is 0 Å². The number of hydrogen-bond donors (Lipinski definition) is 0. The molecule has 0 N–H and O–H groups in total. The summed E-state index contributed by atoms with van der Waals surface area (Å²) in [5, 5.41) is 0.707. The number of Topliss-reactive ketones (excluding diaryl/α,β-unsaturated/α-hetero) is 1. The fourth-order valence-corrected chi connectivity index (χ4v) is 5.21. The van der Waals surface area contributed by atoms with E-state index in [9.17, 15) is 18.0 Å². The number of benzene rings is 3. The lowest BCUT2D eigenvalue weighted by atomic mass is 10.2. The van der Waals surface area contributed by atoms with Crippen molar-refractivity contribution >= 4 is 50.0 Å². The van der Waals surface area contributed by atoms with Gasteiger partial charge in [-0.1, -0.05) is 35.9 Å². The summed E-state index contributed by atoms with van der Waals surface area (Å²) in [4.78, 5) is 25.1. The first kappa shape index (κ1) is 26.0. The number of halogens is 1. The molecule has 0 amide bonds. The van der Waals surface area contributed by atoms with Crippen molar-refractivity contribution in [2.45, 2.75) is 4.90 Å². The van der Waals surface area contributed by atoms with Crippen LogP contribution in [0.2, 0.25) is 5.02 Å². The van der Waals surface area contributed by atoms with E-state index in [0.717, 1.165) is 15.8 Å². The van der Waals surface area contributed by atoms with Crippen molar-refractivity contribution in [1.82, 2.24) is 0 Å². The predicted octanol–water partition coefficient (Wildman–Crippen LogP) is 5.52. The van der Waals surface area contributed by atoms with Gasteiger partial charge in [0, 0.05) is 5.39 Å². The topological polar surface area (TPSA) is 103 Å². The maximum absolute atomic E-state index is 13.5. The molecule has 0 radical (unpaired) electrons. The number of carbonyl (C=O) groups excluding carboxylic acids is 2. The number of ether oxygens (including phenoxy) is 2. The van der Waals surface area contributed by atoms with Gasteiger partial charge in [0.05, 0.1) is 34.8 Å². The van der Waals surface area contributed by atoms with Gasteiger partial charge in [0.1, 0.15) is 11.3 Å². The lowest BCUT2D eigenvalue weighted by Gasteiger charge is -2.23. The fraction of sp³-hybridized carbons (Fsp3) is 0.111. The SMILES string of the molecule is C=CCN(c1ccc(OC)cc1)S(=O)(=O)c1ccc(Cl)c(C(=O)OCC(=O)c2cc3ccccc3o2)c1. The standard InChI is InChI=1S/C27H22ClNO7S/c1-3-14-29(19-8-10-20(34-2)11-9-19)37(32,33)21-12-13-23(28)22(16-21)27(31)35-17-24(30)26-15-18-6-4-5-7-25(18)36-26/h3-13,15-16H,1,14,17H2,2H3. The van der Waals surface area contributed by atoms with Gasteiger partial charge < -0.3 is 13.9 Å². The van der Waals surface area contributed by atoms with Crippen molar-refractivity contribution in [2.24, 2.45) is 0 Å². The number of carbonyl (C=O) groups is 2. The molecule has 0 aliphatic carbocycles. The molecule has 0 spiro atoms. The molecule has 4 aromatic rings. The van der Waals surface area contributed by atoms with Gasteiger partial charge in [-0.25, -0.2) is 13.2 Å². The number of fused-ring (bicyclic) bond motifs is 1. The van der Waals surface area contributed by atoms with Crippen LogP contribution in [0, 0.1) is 0 Å². The van der Waals surface area contributed by atoms with Crippen LogP contribution in [0.1, 0.15) is 20.9 Å². The summed E-state index contributed by atoms with van der Waals surface area (Å²) in [5.74, 6) is -0.906. The van der Waals surface area contributed by atoms with Crippen LogP contribution in [-0.2, 0) is 14.8 Å². The normalized spacial score (nSPS) is 11.2. The van der Waals surface area contributed by atoms with E-state index in [4.69, 9.17) is 25.5 Å². The Morgan fingerprint density at radius 3 is 2.46 bits per heavy atom. The van der Waals surface area contributed by atoms with E-state index in [2.05, 4.69) is 6.58 Å². The van der Waals surface area contributed by atoms with E-state index in [1.54, 1.807) is 54.6 Å². The Hall–Kier alpha value is -4.08. The molecular weight excluding hydrogens is 518 g/mol. The number of furan rings is 1. The number of ketones is 1. The first-order valence-electron chi connectivity index (χ1n) is 11.0. The van der Waals surface area contributed by atoms with Gasteiger partial charge in [-0.05, 0) is 54.6 Å². The summed E-state index contributed by atoms with van der Waals surface area (Å²) >= 11 is 6.18. The van der Waals surface area contributed by atoms with Crippen LogP contribution in [0.15, 0.2) is 94.8 Å². The lowest BCUT2D eigenvalue weighted by Crippen LogP contribution is -2.31. The Morgan fingerprint density at radius 1 is 1.05 bits per heavy atom. The molecule has 1 heterocycles. The number of rotatable bonds is 10. The Balaban J connectivity index is 1.55. The summed E-state index contributed by atoms with van der Waals surface area (Å²) in [7, 11) is -2.62. The lowest BCUT2D eigenvalue weighted by molar-refractivity contribution is 0.0468. The van der Waals surface area contributed by atoms with E-state index < -0.39 is 28.4 Å². The highest BCUT2D eigenvalue weighted by molar-refractivity contribution is 7.92. The minimum atomic E-state index is -4.12. The monoisotopic (exact) mass is 539 g/mol. The molecule has 0 aliphatic rings. The van der Waals surface area contributed by atoms with E-state index in [-0.39, 0.29) is 27.8 Å². The number of anilines is 1. The highest BCUT2D eigenvalue weighted by Crippen LogP contribution is 2.28. The molecule has 0 saturated heterocycles. The number of para-hydroxylation sites is 1. The molecule has 0 saturated carbocycles. The first-order chi connectivity index (χ1) is 17.7. The number of sulfonamides is 1. The molecule has 0 atom stereocenters. The second-order valence-corrected chi connectivity index (χ2v) is 10.1. The molecule has 0 aliphatic heterocycles. The largest absolute Gasteiger partial charge is 0.497 e. The van der Waals surface area contributed by atoms with E-state index in [1.807, 2.05) is 0 Å². The van der Waals surface area contributed by atoms with E-state index in [1.165, 1.54) is 25.3 Å². The van der Waals surface area contributed by atoms with Crippen LogP contribution < -0.4 is 9.04 Å². The second kappa shape index (κ2) is 10.9. The van der Waals surface area contributed by atoms with Crippen LogP contribution in [0.25, 0.3) is 11.0 Å². The Morgan fingerprint density at radius 2 is 1.78 bits per heavy atom. The van der Waals surface area contributed by atoms with Gasteiger partial charge in [-0.15, -0.1) is 6.58 Å². The van der Waals surface area contributed by atoms with Gasteiger partial charge in [0.25, 0.3) is 10.0 Å². The molecule has 10 heteroatoms. The van der Waals surface area contributed by atoms with Gasteiger partial charge in [-0.2, -0.15) is 0 Å². The second-order valence-electron chi connectivity index (χ2n) is 7.81. The molecule has 3 aromatic carbocycles. The van der Waals surface area contributed by atoms with Crippen LogP contribution >= 0.6 is 11.6 Å². The van der Waals surface area contributed by atoms with Crippen LogP contribution in [0.5, 0.6) is 5.75 Å². The van der Waals surface area contributed by atoms with Crippen LogP contribution in [0.4, 0.5) is 5.69 Å². The number of hydrogen-bond acceptors (Lipinski definition) is 7. The highest BCUT2D eigenvalue weighted by atomic mass is 35.5. The summed E-state index contributed by atoms with van der Waals surface area (Å²) in [5.41, 5.74) is 0.698. The predicted molar refractivity (Wildman–Crippen MR) is 140 cm³/mol. The zero-order valence-corrected chi connectivity index (χ0v) is 21.3. The van der Waals surface area contributed by atoms with Crippen molar-refractivity contribution in [3.05, 3.63) is 102 Å². The van der Waals surface area contributed by atoms with Crippen molar-refractivity contribution in [3.8, 4) is 5.75 Å². The third kappa shape index (κ3) is 5.52. The van der Waals surface area contributed by atoms with E-state index >= 15 is 0 Å². The Kier molecular flexibility index (Phi) is 7.66. The molecule has 190 valence electrons. The molecular formula is C27H22ClNO7S. The molecule has 8 nitrogen and oxygen atoms in total. The summed E-state index contributed by atoms with van der Waals surface area (Å²) < 4.78 is 43.9. The molecule has 0 bridgehead atoms. The maximum Gasteiger partial charge on any atom is 0.340 e. The number of methoxy groups -OCH3 is 1. The Bertz CT molecular complexity index is 1540. The van der Waals surface area contributed by atoms with Gasteiger partial charge in [0.2, 0.25) is 5.78 Å². The molecule has 1 aromatic heterocycles. The van der Waals surface area contributed by atoms with Crippen molar-refractivity contribution in [3.63, 3.8) is 0 Å². The Labute approximate surface area is 218 Å². The minimum Gasteiger partial charge on any atom is -0.497 e. The van der Waals surface area contributed by atoms with Crippen molar-refractivity contribution < 1.29 is 31.9 Å². The average Bonchev–Trinajstić information content (AvgIpc) is 3.35. The third-order valence-electron chi connectivity index (χ3n) is 5.44. The third-order valence-corrected chi connectivity index (χ3v) is 7.56. The van der Waals surface area contributed by atoms with Gasteiger partial charge >= 0.3 is 5.97 Å². The summed E-state index contributed by atoms with van der Waals surface area (Å²) in [6.07, 6.45) is 1.44. The van der Waals surface area contributed by atoms with E-state index in [0.29, 0.717) is 17.0 Å². The molecule has 37 heavy (non-hydrogen) atoms. The van der Waals surface area contributed by atoms with Crippen LogP contribution in [-0.4, -0.2) is 40.4 Å². The number of nitrogens with zero attached hydrogens (tertiary/aromatic N) is 1. The zero-order chi connectivity index (χ0) is 26.6. The summed E-state index contributed by atoms with van der Waals surface area (Å²) in [6.45, 7) is 3.01.